The summed E-state index contributed by atoms with van der Waals surface area (Å²) in [6.45, 7) is 0.207. The van der Waals surface area contributed by atoms with E-state index in [9.17, 15) is 9.59 Å². The Labute approximate surface area is 148 Å². The van der Waals surface area contributed by atoms with Crippen LogP contribution in [0.2, 0.25) is 0 Å². The van der Waals surface area contributed by atoms with Gasteiger partial charge < -0.3 is 9.73 Å². The number of carbonyl (C=O) groups is 1. The van der Waals surface area contributed by atoms with Crippen LogP contribution >= 0.6 is 0 Å². The van der Waals surface area contributed by atoms with Crippen LogP contribution in [0.15, 0.2) is 70.0 Å². The number of oxazole rings is 1. The topological polar surface area (TPSA) is 92.9 Å². The van der Waals surface area contributed by atoms with Crippen molar-refractivity contribution in [3.63, 3.8) is 0 Å². The van der Waals surface area contributed by atoms with Crippen LogP contribution in [0, 0.1) is 0 Å². The number of carbonyl (C=O) groups excluding carboxylic acids is 1. The van der Waals surface area contributed by atoms with E-state index in [-0.39, 0.29) is 12.5 Å². The number of nitrogens with one attached hydrogen (secondary N) is 2. The molecule has 0 aliphatic carbocycles. The van der Waals surface area contributed by atoms with Crippen molar-refractivity contribution in [1.82, 2.24) is 20.1 Å². The quantitative estimate of drug-likeness (QED) is 0.579. The zero-order valence-electron chi connectivity index (χ0n) is 13.8. The average molecular weight is 348 g/mol. The Morgan fingerprint density at radius 3 is 2.73 bits per heavy atom. The van der Waals surface area contributed by atoms with Crippen molar-refractivity contribution in [2.24, 2.45) is 0 Å². The first-order chi connectivity index (χ1) is 12.7. The Morgan fingerprint density at radius 2 is 1.88 bits per heavy atom. The van der Waals surface area contributed by atoms with Gasteiger partial charge in [-0.15, -0.1) is 0 Å². The van der Waals surface area contributed by atoms with E-state index in [1.807, 2.05) is 30.3 Å². The third kappa shape index (κ3) is 3.02. The molecule has 0 saturated carbocycles. The number of rotatable bonds is 5. The van der Waals surface area contributed by atoms with Gasteiger partial charge in [0.15, 0.2) is 5.58 Å². The summed E-state index contributed by atoms with van der Waals surface area (Å²) in [4.78, 5) is 24.3. The van der Waals surface area contributed by atoms with E-state index < -0.39 is 5.76 Å². The third-order valence-electron chi connectivity index (χ3n) is 4.13. The summed E-state index contributed by atoms with van der Waals surface area (Å²) >= 11 is 0. The summed E-state index contributed by atoms with van der Waals surface area (Å²) < 4.78 is 6.46. The Bertz CT molecular complexity index is 1110. The fourth-order valence-corrected chi connectivity index (χ4v) is 2.86. The van der Waals surface area contributed by atoms with Gasteiger partial charge >= 0.3 is 5.76 Å². The van der Waals surface area contributed by atoms with Gasteiger partial charge in [0.05, 0.1) is 17.4 Å². The molecule has 130 valence electrons. The molecule has 7 nitrogen and oxygen atoms in total. The van der Waals surface area contributed by atoms with Gasteiger partial charge in [-0.1, -0.05) is 42.5 Å². The number of nitrogens with zero attached hydrogens (tertiary/aromatic N) is 2. The monoisotopic (exact) mass is 348 g/mol. The molecule has 7 heteroatoms. The van der Waals surface area contributed by atoms with Crippen molar-refractivity contribution in [2.45, 2.75) is 13.1 Å². The van der Waals surface area contributed by atoms with Crippen molar-refractivity contribution < 1.29 is 9.21 Å². The molecule has 0 aliphatic heterocycles. The van der Waals surface area contributed by atoms with Gasteiger partial charge in [-0.2, -0.15) is 5.10 Å². The largest absolute Gasteiger partial charge is 0.420 e. The number of aromatic amines is 1. The summed E-state index contributed by atoms with van der Waals surface area (Å²) in [6.07, 6.45) is 1.68. The van der Waals surface area contributed by atoms with Crippen LogP contribution in [0.4, 0.5) is 0 Å². The first-order valence-electron chi connectivity index (χ1n) is 8.15. The van der Waals surface area contributed by atoms with Crippen LogP contribution in [-0.2, 0) is 17.9 Å². The molecular formula is C19H16N4O3. The molecule has 2 aromatic heterocycles. The maximum atomic E-state index is 12.3. The number of hydrogen-bond acceptors (Lipinski definition) is 4. The van der Waals surface area contributed by atoms with E-state index in [4.69, 9.17) is 4.42 Å². The molecule has 2 N–H and O–H groups in total. The lowest BCUT2D eigenvalue weighted by Crippen LogP contribution is -2.30. The Morgan fingerprint density at radius 1 is 1.12 bits per heavy atom. The van der Waals surface area contributed by atoms with Crippen molar-refractivity contribution in [2.75, 3.05) is 0 Å². The minimum Gasteiger partial charge on any atom is -0.408 e. The molecule has 0 atom stereocenters. The molecule has 0 fully saturated rings. The van der Waals surface area contributed by atoms with E-state index in [2.05, 4.69) is 15.5 Å². The SMILES string of the molecule is O=C(Cn1c(=O)oc2ccccc21)NCc1cn[nH]c1-c1ccccc1. The second-order valence-corrected chi connectivity index (χ2v) is 5.83. The minimum absolute atomic E-state index is 0.103. The van der Waals surface area contributed by atoms with E-state index in [1.54, 1.807) is 30.5 Å². The molecule has 1 amide bonds. The number of amides is 1. The summed E-state index contributed by atoms with van der Waals surface area (Å²) in [5.41, 5.74) is 3.78. The third-order valence-corrected chi connectivity index (χ3v) is 4.13. The lowest BCUT2D eigenvalue weighted by Gasteiger charge is -2.07. The zero-order valence-corrected chi connectivity index (χ0v) is 13.8. The highest BCUT2D eigenvalue weighted by molar-refractivity contribution is 5.79. The summed E-state index contributed by atoms with van der Waals surface area (Å²) in [7, 11) is 0. The molecular weight excluding hydrogens is 332 g/mol. The number of para-hydroxylation sites is 2. The fourth-order valence-electron chi connectivity index (χ4n) is 2.86. The number of aromatic nitrogens is 3. The first-order valence-corrected chi connectivity index (χ1v) is 8.15. The van der Waals surface area contributed by atoms with Crippen molar-refractivity contribution in [3.8, 4) is 11.3 Å². The van der Waals surface area contributed by atoms with Crippen molar-refractivity contribution in [3.05, 3.63) is 76.9 Å². The van der Waals surface area contributed by atoms with Crippen LogP contribution in [0.5, 0.6) is 0 Å². The van der Waals surface area contributed by atoms with Crippen LogP contribution in [0.3, 0.4) is 0 Å². The van der Waals surface area contributed by atoms with Crippen LogP contribution in [-0.4, -0.2) is 20.7 Å². The molecule has 4 rings (SSSR count). The first kappa shape index (κ1) is 15.9. The van der Waals surface area contributed by atoms with Gasteiger partial charge in [0.1, 0.15) is 6.54 Å². The highest BCUT2D eigenvalue weighted by atomic mass is 16.4. The molecule has 0 bridgehead atoms. The minimum atomic E-state index is -0.547. The molecule has 4 aromatic rings. The molecule has 0 radical (unpaired) electrons. The standard InChI is InChI=1S/C19H16N4O3/c24-17(12-23-15-8-4-5-9-16(15)26-19(23)25)20-10-14-11-21-22-18(14)13-6-2-1-3-7-13/h1-9,11H,10,12H2,(H,20,24)(H,21,22). The summed E-state index contributed by atoms with van der Waals surface area (Å²) in [5.74, 6) is -0.825. The lowest BCUT2D eigenvalue weighted by atomic mass is 10.1. The molecule has 0 aliphatic rings. The predicted molar refractivity (Wildman–Crippen MR) is 96.3 cm³/mol. The van der Waals surface area contributed by atoms with Crippen LogP contribution < -0.4 is 11.1 Å². The second-order valence-electron chi connectivity index (χ2n) is 5.83. The van der Waals surface area contributed by atoms with E-state index in [1.165, 1.54) is 4.57 Å². The van der Waals surface area contributed by atoms with Gasteiger partial charge in [-0.05, 0) is 17.7 Å². The fraction of sp³-hybridized carbons (Fsp3) is 0.105. The van der Waals surface area contributed by atoms with Gasteiger partial charge in [-0.3, -0.25) is 14.5 Å². The van der Waals surface area contributed by atoms with E-state index in [0.717, 1.165) is 16.8 Å². The summed E-state index contributed by atoms with van der Waals surface area (Å²) in [5, 5.41) is 9.84. The van der Waals surface area contributed by atoms with Crippen molar-refractivity contribution in [1.29, 1.82) is 0 Å². The van der Waals surface area contributed by atoms with E-state index in [0.29, 0.717) is 17.6 Å². The zero-order chi connectivity index (χ0) is 17.9. The van der Waals surface area contributed by atoms with Crippen LogP contribution in [0.1, 0.15) is 5.56 Å². The molecule has 0 saturated heterocycles. The van der Waals surface area contributed by atoms with Crippen LogP contribution in [0.25, 0.3) is 22.4 Å². The normalized spacial score (nSPS) is 10.9. The highest BCUT2D eigenvalue weighted by Crippen LogP contribution is 2.20. The Balaban J connectivity index is 1.48. The predicted octanol–water partition coefficient (Wildman–Crippen LogP) is 2.30. The van der Waals surface area contributed by atoms with Gasteiger partial charge in [-0.25, -0.2) is 4.79 Å². The second kappa shape index (κ2) is 6.72. The number of fused-ring (bicyclic) bond motifs is 1. The van der Waals surface area contributed by atoms with Crippen molar-refractivity contribution >= 4 is 17.0 Å². The number of benzene rings is 2. The Kier molecular flexibility index (Phi) is 4.10. The molecule has 0 spiro atoms. The van der Waals surface area contributed by atoms with E-state index >= 15 is 0 Å². The summed E-state index contributed by atoms with van der Waals surface area (Å²) in [6, 6.07) is 16.8. The van der Waals surface area contributed by atoms with Gasteiger partial charge in [0.25, 0.3) is 0 Å². The van der Waals surface area contributed by atoms with Gasteiger partial charge in [0.2, 0.25) is 5.91 Å². The maximum absolute atomic E-state index is 12.3. The molecule has 2 heterocycles. The number of hydrogen-bond donors (Lipinski definition) is 2. The smallest absolute Gasteiger partial charge is 0.408 e. The number of H-pyrrole nitrogens is 1. The van der Waals surface area contributed by atoms with Gasteiger partial charge in [0, 0.05) is 12.1 Å². The highest BCUT2D eigenvalue weighted by Gasteiger charge is 2.13. The average Bonchev–Trinajstić information content (AvgIpc) is 3.25. The maximum Gasteiger partial charge on any atom is 0.420 e. The molecule has 2 aromatic carbocycles. The lowest BCUT2D eigenvalue weighted by molar-refractivity contribution is -0.121. The molecule has 26 heavy (non-hydrogen) atoms. The molecule has 0 unspecified atom stereocenters. The Hall–Kier alpha value is -3.61.